The fraction of sp³-hybridized carbons (Fsp3) is 0.545. The van der Waals surface area contributed by atoms with E-state index in [1.807, 2.05) is 27.7 Å². The number of unbranched alkanes of at least 4 members (excludes halogenated alkanes) is 2. The van der Waals surface area contributed by atoms with Crippen molar-refractivity contribution in [1.29, 1.82) is 0 Å². The molecule has 4 amide bonds. The van der Waals surface area contributed by atoms with Crippen molar-refractivity contribution in [2.45, 2.75) is 111 Å². The van der Waals surface area contributed by atoms with Crippen LogP contribution in [0.3, 0.4) is 0 Å². The second-order valence-corrected chi connectivity index (χ2v) is 11.8. The van der Waals surface area contributed by atoms with E-state index in [9.17, 15) is 19.2 Å². The van der Waals surface area contributed by atoms with Gasteiger partial charge in [0.05, 0.1) is 12.2 Å². The Hall–Kier alpha value is -4.13. The molecule has 2 rings (SSSR count). The zero-order valence-electron chi connectivity index (χ0n) is 26.5. The number of aromatic nitrogens is 2. The number of aromatic amines is 1. The highest BCUT2D eigenvalue weighted by molar-refractivity contribution is 5.98. The summed E-state index contributed by atoms with van der Waals surface area (Å²) in [6.07, 6.45) is 11.6. The first-order valence-electron chi connectivity index (χ1n) is 15.2. The highest BCUT2D eigenvalue weighted by Gasteiger charge is 2.31. The van der Waals surface area contributed by atoms with Gasteiger partial charge in [0.25, 0.3) is 11.5 Å². The average Bonchev–Trinajstić information content (AvgIpc) is 2.95. The summed E-state index contributed by atoms with van der Waals surface area (Å²) >= 11 is 0. The summed E-state index contributed by atoms with van der Waals surface area (Å²) in [5, 5.41) is 8.33. The van der Waals surface area contributed by atoms with E-state index in [1.54, 1.807) is 24.3 Å². The monoisotopic (exact) mass is 592 g/mol. The molecule has 234 valence electrons. The van der Waals surface area contributed by atoms with Crippen molar-refractivity contribution in [1.82, 2.24) is 25.5 Å². The number of hydrogen-bond donors (Lipinski definition) is 4. The molecule has 10 nitrogen and oxygen atoms in total. The van der Waals surface area contributed by atoms with E-state index >= 15 is 0 Å². The minimum atomic E-state index is -0.689. The molecular weight excluding hydrogens is 544 g/mol. The van der Waals surface area contributed by atoms with Crippen molar-refractivity contribution in [3.05, 3.63) is 57.5 Å². The van der Waals surface area contributed by atoms with Gasteiger partial charge < -0.3 is 15.5 Å². The zero-order valence-corrected chi connectivity index (χ0v) is 26.5. The predicted octanol–water partition coefficient (Wildman–Crippen LogP) is 5.32. The molecule has 1 aromatic carbocycles. The van der Waals surface area contributed by atoms with E-state index in [-0.39, 0.29) is 42.3 Å². The quantitative estimate of drug-likeness (QED) is 0.208. The van der Waals surface area contributed by atoms with Gasteiger partial charge in [0.1, 0.15) is 6.04 Å². The van der Waals surface area contributed by atoms with Gasteiger partial charge in [-0.25, -0.2) is 9.78 Å². The number of nitrogens with zero attached hydrogens (tertiary/aromatic N) is 2. The Kier molecular flexibility index (Phi) is 13.9. The van der Waals surface area contributed by atoms with Crippen LogP contribution in [0.4, 0.5) is 10.7 Å². The Morgan fingerprint density at radius 2 is 1.70 bits per heavy atom. The summed E-state index contributed by atoms with van der Waals surface area (Å²) < 4.78 is 0. The highest BCUT2D eigenvalue weighted by Crippen LogP contribution is 2.23. The van der Waals surface area contributed by atoms with E-state index in [2.05, 4.69) is 45.7 Å². The smallest absolute Gasteiger partial charge is 0.321 e. The normalized spacial score (nSPS) is 12.5. The molecule has 0 bridgehead atoms. The number of hydrogen-bond acceptors (Lipinski definition) is 5. The van der Waals surface area contributed by atoms with Crippen LogP contribution >= 0.6 is 0 Å². The summed E-state index contributed by atoms with van der Waals surface area (Å²) in [7, 11) is 0. The third-order valence-electron chi connectivity index (χ3n) is 7.00. The zero-order chi connectivity index (χ0) is 32.0. The summed E-state index contributed by atoms with van der Waals surface area (Å²) in [5.74, 6) is 2.21. The van der Waals surface area contributed by atoms with E-state index in [0.717, 1.165) is 44.1 Å². The fourth-order valence-electron chi connectivity index (χ4n) is 4.72. The van der Waals surface area contributed by atoms with E-state index in [1.165, 1.54) is 11.0 Å². The minimum Gasteiger partial charge on any atom is -0.350 e. The number of carbonyl (C=O) groups excluding carboxylic acids is 3. The minimum absolute atomic E-state index is 0.00316. The standard InChI is InChI=1S/C33H48N6O4/c1-8-12-14-24(11-4)26-21-28(40)36-31(35-26)37-32(43)34-22-23-16-18-25(19-17-23)30(42)39(20-10-3)27(15-13-9-2)29(41)38-33(5,6)7/h3,16-19,21,24,27H,8-9,11-15,20,22H2,1-2,4-7H3,(H,38,41)(H3,34,35,36,37,40,43). The highest BCUT2D eigenvalue weighted by atomic mass is 16.2. The molecule has 4 N–H and O–H groups in total. The van der Waals surface area contributed by atoms with Gasteiger partial charge in [-0.15, -0.1) is 6.42 Å². The van der Waals surface area contributed by atoms with E-state index in [4.69, 9.17) is 6.42 Å². The molecule has 2 unspecified atom stereocenters. The number of anilines is 1. The number of carbonyl (C=O) groups is 3. The second-order valence-electron chi connectivity index (χ2n) is 11.8. The molecule has 0 saturated heterocycles. The number of H-pyrrole nitrogens is 1. The SMILES string of the molecule is C#CCN(C(=O)c1ccc(CNC(=O)Nc2nc(C(CC)CCCC)cc(=O)[nH]2)cc1)C(CCCC)C(=O)NC(C)(C)C. The average molecular weight is 593 g/mol. The first-order chi connectivity index (χ1) is 20.4. The molecule has 0 radical (unpaired) electrons. The first-order valence-corrected chi connectivity index (χ1v) is 15.2. The van der Waals surface area contributed by atoms with Crippen LogP contribution in [-0.4, -0.2) is 50.8 Å². The van der Waals surface area contributed by atoms with Crippen LogP contribution in [0.25, 0.3) is 0 Å². The molecule has 2 aromatic rings. The van der Waals surface area contributed by atoms with Gasteiger partial charge in [0.15, 0.2) is 0 Å². The van der Waals surface area contributed by atoms with Crippen LogP contribution in [0.5, 0.6) is 0 Å². The molecule has 10 heteroatoms. The molecule has 0 aliphatic heterocycles. The number of nitrogens with one attached hydrogen (secondary N) is 4. The van der Waals surface area contributed by atoms with Crippen LogP contribution in [0, 0.1) is 12.3 Å². The summed E-state index contributed by atoms with van der Waals surface area (Å²) in [5.41, 5.74) is 1.04. The van der Waals surface area contributed by atoms with Gasteiger partial charge in [-0.05, 0) is 57.7 Å². The molecule has 0 saturated carbocycles. The number of terminal acetylenes is 1. The van der Waals surface area contributed by atoms with E-state index < -0.39 is 17.6 Å². The lowest BCUT2D eigenvalue weighted by atomic mass is 9.96. The van der Waals surface area contributed by atoms with Crippen molar-refractivity contribution < 1.29 is 14.4 Å². The van der Waals surface area contributed by atoms with Crippen LogP contribution in [0.1, 0.15) is 114 Å². The maximum absolute atomic E-state index is 13.5. The maximum Gasteiger partial charge on any atom is 0.321 e. The second kappa shape index (κ2) is 17.1. The Morgan fingerprint density at radius 1 is 1.05 bits per heavy atom. The lowest BCUT2D eigenvalue weighted by molar-refractivity contribution is -0.127. The number of rotatable bonds is 15. The van der Waals surface area contributed by atoms with Crippen molar-refractivity contribution >= 4 is 23.8 Å². The lowest BCUT2D eigenvalue weighted by Crippen LogP contribution is -2.54. The third kappa shape index (κ3) is 11.6. The summed E-state index contributed by atoms with van der Waals surface area (Å²) in [6, 6.07) is 7.06. The Bertz CT molecular complexity index is 1310. The maximum atomic E-state index is 13.5. The van der Waals surface area contributed by atoms with E-state index in [0.29, 0.717) is 17.7 Å². The first kappa shape index (κ1) is 35.1. The van der Waals surface area contributed by atoms with Crippen molar-refractivity contribution in [2.75, 3.05) is 11.9 Å². The van der Waals surface area contributed by atoms with Crippen LogP contribution in [-0.2, 0) is 11.3 Å². The van der Waals surface area contributed by atoms with Crippen LogP contribution in [0.2, 0.25) is 0 Å². The number of benzene rings is 1. The molecular formula is C33H48N6O4. The van der Waals surface area contributed by atoms with Gasteiger partial charge in [-0.3, -0.25) is 24.7 Å². The molecule has 1 aromatic heterocycles. The molecule has 0 fully saturated rings. The van der Waals surface area contributed by atoms with Gasteiger partial charge in [-0.2, -0.15) is 0 Å². The molecule has 0 aliphatic rings. The van der Waals surface area contributed by atoms with Crippen molar-refractivity contribution in [2.24, 2.45) is 0 Å². The number of amides is 4. The Morgan fingerprint density at radius 3 is 2.28 bits per heavy atom. The molecule has 1 heterocycles. The summed E-state index contributed by atoms with van der Waals surface area (Å²) in [4.78, 5) is 59.9. The van der Waals surface area contributed by atoms with Crippen molar-refractivity contribution in [3.63, 3.8) is 0 Å². The van der Waals surface area contributed by atoms with Gasteiger partial charge >= 0.3 is 6.03 Å². The van der Waals surface area contributed by atoms with Gasteiger partial charge in [0, 0.05) is 29.6 Å². The third-order valence-corrected chi connectivity index (χ3v) is 7.00. The van der Waals surface area contributed by atoms with Gasteiger partial charge in [-0.1, -0.05) is 64.5 Å². The Balaban J connectivity index is 2.09. The Labute approximate surface area is 255 Å². The fourth-order valence-corrected chi connectivity index (χ4v) is 4.72. The topological polar surface area (TPSA) is 136 Å². The lowest BCUT2D eigenvalue weighted by Gasteiger charge is -2.32. The molecule has 2 atom stereocenters. The van der Waals surface area contributed by atoms with Crippen LogP contribution in [0.15, 0.2) is 35.1 Å². The predicted molar refractivity (Wildman–Crippen MR) is 171 cm³/mol. The molecule has 0 spiro atoms. The van der Waals surface area contributed by atoms with Crippen LogP contribution < -0.4 is 21.5 Å². The number of urea groups is 1. The van der Waals surface area contributed by atoms with Gasteiger partial charge in [0.2, 0.25) is 11.9 Å². The van der Waals surface area contributed by atoms with Crippen molar-refractivity contribution in [3.8, 4) is 12.3 Å². The molecule has 43 heavy (non-hydrogen) atoms. The molecule has 0 aliphatic carbocycles. The largest absolute Gasteiger partial charge is 0.350 e. The summed E-state index contributed by atoms with van der Waals surface area (Å²) in [6.45, 7) is 12.1.